The molecule has 1 aromatic heterocycles. The van der Waals surface area contributed by atoms with Crippen LogP contribution in [0.1, 0.15) is 29.8 Å². The van der Waals surface area contributed by atoms with Crippen molar-refractivity contribution in [3.05, 3.63) is 34.5 Å². The Morgan fingerprint density at radius 1 is 1.35 bits per heavy atom. The highest BCUT2D eigenvalue weighted by Crippen LogP contribution is 2.30. The Labute approximate surface area is 122 Å². The highest BCUT2D eigenvalue weighted by atomic mass is 35.5. The molecule has 0 unspecified atom stereocenters. The summed E-state index contributed by atoms with van der Waals surface area (Å²) in [5.74, 6) is 0.276. The summed E-state index contributed by atoms with van der Waals surface area (Å²) in [6.45, 7) is 4.02. The molecule has 0 N–H and O–H groups in total. The zero-order valence-corrected chi connectivity index (χ0v) is 12.5. The molecule has 0 saturated heterocycles. The van der Waals surface area contributed by atoms with E-state index >= 15 is 0 Å². The Morgan fingerprint density at radius 3 is 2.70 bits per heavy atom. The number of methoxy groups -OCH3 is 1. The minimum Gasteiger partial charge on any atom is -0.497 e. The molecule has 4 nitrogen and oxygen atoms in total. The summed E-state index contributed by atoms with van der Waals surface area (Å²) in [5, 5.41) is 1.04. The topological polar surface area (TPSA) is 48.4 Å². The van der Waals surface area contributed by atoms with Crippen molar-refractivity contribution in [2.75, 3.05) is 13.7 Å². The second-order valence-electron chi connectivity index (χ2n) is 4.21. The number of hydrogen-bond donors (Lipinski definition) is 0. The predicted octanol–water partition coefficient (Wildman–Crippen LogP) is 3.64. The molecule has 1 aromatic carbocycles. The van der Waals surface area contributed by atoms with Crippen LogP contribution in [0.4, 0.5) is 0 Å². The van der Waals surface area contributed by atoms with E-state index in [0.29, 0.717) is 24.3 Å². The number of carbonyl (C=O) groups excluding carboxylic acids is 1. The Kier molecular flexibility index (Phi) is 4.45. The van der Waals surface area contributed by atoms with Crippen molar-refractivity contribution in [3.63, 3.8) is 0 Å². The second-order valence-corrected chi connectivity index (χ2v) is 4.57. The van der Waals surface area contributed by atoms with Gasteiger partial charge < -0.3 is 9.47 Å². The smallest absolute Gasteiger partial charge is 0.341 e. The fraction of sp³-hybridized carbons (Fsp3) is 0.333. The van der Waals surface area contributed by atoms with E-state index in [4.69, 9.17) is 21.1 Å². The molecule has 0 spiro atoms. The molecule has 5 heteroatoms. The Morgan fingerprint density at radius 2 is 2.10 bits per heavy atom. The molecule has 0 atom stereocenters. The standard InChI is InChI=1S/C15H16ClNO3/c1-4-10-11-8-9(19-3)6-7-12(11)17-14(16)13(10)15(18)20-5-2/h6-8H,4-5H2,1-3H3. The summed E-state index contributed by atoms with van der Waals surface area (Å²) in [4.78, 5) is 16.3. The lowest BCUT2D eigenvalue weighted by molar-refractivity contribution is 0.0525. The Bertz CT molecular complexity index is 655. The number of nitrogens with zero attached hydrogens (tertiary/aromatic N) is 1. The minimum absolute atomic E-state index is 0.179. The van der Waals surface area contributed by atoms with Crippen LogP contribution in [0.3, 0.4) is 0 Å². The van der Waals surface area contributed by atoms with Gasteiger partial charge >= 0.3 is 5.97 Å². The quantitative estimate of drug-likeness (QED) is 0.638. The third-order valence-corrected chi connectivity index (χ3v) is 3.36. The maximum absolute atomic E-state index is 12.1. The molecule has 20 heavy (non-hydrogen) atoms. The third kappa shape index (κ3) is 2.56. The Hall–Kier alpha value is -1.81. The number of benzene rings is 1. The van der Waals surface area contributed by atoms with E-state index in [9.17, 15) is 4.79 Å². The van der Waals surface area contributed by atoms with Gasteiger partial charge in [-0.3, -0.25) is 0 Å². The van der Waals surface area contributed by atoms with Crippen molar-refractivity contribution in [2.45, 2.75) is 20.3 Å². The molecule has 1 heterocycles. The lowest BCUT2D eigenvalue weighted by atomic mass is 10.0. The highest BCUT2D eigenvalue weighted by molar-refractivity contribution is 6.33. The molecule has 2 rings (SSSR count). The largest absolute Gasteiger partial charge is 0.497 e. The van der Waals surface area contributed by atoms with Crippen LogP contribution in [0.25, 0.3) is 10.9 Å². The first kappa shape index (κ1) is 14.6. The highest BCUT2D eigenvalue weighted by Gasteiger charge is 2.20. The van der Waals surface area contributed by atoms with Gasteiger partial charge in [-0.15, -0.1) is 0 Å². The van der Waals surface area contributed by atoms with Gasteiger partial charge in [0.05, 0.1) is 19.2 Å². The maximum atomic E-state index is 12.1. The number of ether oxygens (including phenoxy) is 2. The van der Waals surface area contributed by atoms with Crippen LogP contribution in [0.5, 0.6) is 5.75 Å². The van der Waals surface area contributed by atoms with E-state index in [1.54, 1.807) is 14.0 Å². The molecule has 106 valence electrons. The van der Waals surface area contributed by atoms with Crippen LogP contribution < -0.4 is 4.74 Å². The zero-order chi connectivity index (χ0) is 14.7. The van der Waals surface area contributed by atoms with Crippen LogP contribution in [0.15, 0.2) is 18.2 Å². The fourth-order valence-electron chi connectivity index (χ4n) is 2.18. The van der Waals surface area contributed by atoms with Crippen molar-refractivity contribution >= 4 is 28.5 Å². The molecule has 0 aliphatic heterocycles. The monoisotopic (exact) mass is 293 g/mol. The number of aromatic nitrogens is 1. The minimum atomic E-state index is -0.438. The summed E-state index contributed by atoms with van der Waals surface area (Å²) in [7, 11) is 1.60. The predicted molar refractivity (Wildman–Crippen MR) is 78.6 cm³/mol. The van der Waals surface area contributed by atoms with E-state index < -0.39 is 5.97 Å². The van der Waals surface area contributed by atoms with Gasteiger partial charge in [-0.05, 0) is 37.1 Å². The molecule has 0 fully saturated rings. The van der Waals surface area contributed by atoms with E-state index in [1.165, 1.54) is 0 Å². The summed E-state index contributed by atoms with van der Waals surface area (Å²) in [6, 6.07) is 5.50. The van der Waals surface area contributed by atoms with E-state index in [0.717, 1.165) is 16.5 Å². The molecule has 2 aromatic rings. The SMILES string of the molecule is CCOC(=O)c1c(Cl)nc2ccc(OC)cc2c1CC. The van der Waals surface area contributed by atoms with Crippen molar-refractivity contribution in [3.8, 4) is 5.75 Å². The van der Waals surface area contributed by atoms with Gasteiger partial charge in [0, 0.05) is 5.39 Å². The van der Waals surface area contributed by atoms with Gasteiger partial charge in [0.15, 0.2) is 0 Å². The van der Waals surface area contributed by atoms with Gasteiger partial charge in [0.2, 0.25) is 0 Å². The van der Waals surface area contributed by atoms with Crippen LogP contribution in [0.2, 0.25) is 5.15 Å². The molecule has 0 amide bonds. The number of carbonyl (C=O) groups is 1. The molecule has 0 aliphatic carbocycles. The van der Waals surface area contributed by atoms with E-state index in [1.807, 2.05) is 25.1 Å². The summed E-state index contributed by atoms with van der Waals surface area (Å²) >= 11 is 6.15. The molecule has 0 radical (unpaired) electrons. The summed E-state index contributed by atoms with van der Waals surface area (Å²) < 4.78 is 10.3. The van der Waals surface area contributed by atoms with Gasteiger partial charge in [0.25, 0.3) is 0 Å². The van der Waals surface area contributed by atoms with Gasteiger partial charge in [-0.1, -0.05) is 18.5 Å². The zero-order valence-electron chi connectivity index (χ0n) is 11.7. The third-order valence-electron chi connectivity index (χ3n) is 3.09. The van der Waals surface area contributed by atoms with Crippen LogP contribution in [-0.4, -0.2) is 24.7 Å². The average Bonchev–Trinajstić information content (AvgIpc) is 2.45. The van der Waals surface area contributed by atoms with Crippen LogP contribution >= 0.6 is 11.6 Å². The molecular weight excluding hydrogens is 278 g/mol. The van der Waals surface area contributed by atoms with E-state index in [-0.39, 0.29) is 5.15 Å². The number of pyridine rings is 1. The second kappa shape index (κ2) is 6.09. The number of esters is 1. The number of aryl methyl sites for hydroxylation is 1. The van der Waals surface area contributed by atoms with E-state index in [2.05, 4.69) is 4.98 Å². The maximum Gasteiger partial charge on any atom is 0.341 e. The number of fused-ring (bicyclic) bond motifs is 1. The van der Waals surface area contributed by atoms with Crippen LogP contribution in [-0.2, 0) is 11.2 Å². The lowest BCUT2D eigenvalue weighted by Gasteiger charge is -2.13. The number of rotatable bonds is 4. The lowest BCUT2D eigenvalue weighted by Crippen LogP contribution is -2.10. The first-order valence-corrected chi connectivity index (χ1v) is 6.83. The summed E-state index contributed by atoms with van der Waals surface area (Å²) in [6.07, 6.45) is 0.653. The molecular formula is C15H16ClNO3. The first-order chi connectivity index (χ1) is 9.62. The fourth-order valence-corrected chi connectivity index (χ4v) is 2.46. The van der Waals surface area contributed by atoms with Gasteiger partial charge in [0.1, 0.15) is 16.5 Å². The molecule has 0 saturated carbocycles. The van der Waals surface area contributed by atoms with Crippen molar-refractivity contribution < 1.29 is 14.3 Å². The summed E-state index contributed by atoms with van der Waals surface area (Å²) in [5.41, 5.74) is 1.91. The average molecular weight is 294 g/mol. The Balaban J connectivity index is 2.73. The van der Waals surface area contributed by atoms with Crippen molar-refractivity contribution in [1.29, 1.82) is 0 Å². The van der Waals surface area contributed by atoms with Gasteiger partial charge in [-0.2, -0.15) is 0 Å². The van der Waals surface area contributed by atoms with Gasteiger partial charge in [-0.25, -0.2) is 9.78 Å². The molecule has 0 bridgehead atoms. The number of hydrogen-bond acceptors (Lipinski definition) is 4. The molecule has 0 aliphatic rings. The van der Waals surface area contributed by atoms with Crippen LogP contribution in [0, 0.1) is 0 Å². The normalized spacial score (nSPS) is 10.6. The van der Waals surface area contributed by atoms with Crippen molar-refractivity contribution in [1.82, 2.24) is 4.98 Å². The number of halogens is 1. The van der Waals surface area contributed by atoms with Crippen molar-refractivity contribution in [2.24, 2.45) is 0 Å². The first-order valence-electron chi connectivity index (χ1n) is 6.45.